The van der Waals surface area contributed by atoms with Crippen molar-refractivity contribution in [3.05, 3.63) is 77.9 Å². The Morgan fingerprint density at radius 1 is 1.04 bits per heavy atom. The smallest absolute Gasteiger partial charge is 0.255 e. The minimum atomic E-state index is -0.208. The molecule has 1 amide bonds. The highest BCUT2D eigenvalue weighted by Crippen LogP contribution is 2.36. The number of rotatable bonds is 3. The molecule has 26 heavy (non-hydrogen) atoms. The van der Waals surface area contributed by atoms with E-state index >= 15 is 0 Å². The molecule has 0 aliphatic heterocycles. The first-order chi connectivity index (χ1) is 12.6. The molecule has 4 nitrogen and oxygen atoms in total. The number of benzene rings is 3. The fourth-order valence-electron chi connectivity index (χ4n) is 2.77. The molecule has 1 aromatic heterocycles. The van der Waals surface area contributed by atoms with Gasteiger partial charge in [-0.2, -0.15) is 0 Å². The van der Waals surface area contributed by atoms with Crippen LogP contribution in [0.4, 0.5) is 5.69 Å². The number of thiazole rings is 1. The molecule has 0 aliphatic rings. The molecular formula is C21H16N2O2S. The quantitative estimate of drug-likeness (QED) is 0.526. The number of aryl methyl sites for hydroxylation is 1. The van der Waals surface area contributed by atoms with Crippen LogP contribution in [-0.2, 0) is 0 Å². The Hall–Kier alpha value is -3.18. The molecule has 4 aromatic rings. The molecule has 0 aliphatic carbocycles. The van der Waals surface area contributed by atoms with Gasteiger partial charge in [0.15, 0.2) is 0 Å². The zero-order chi connectivity index (χ0) is 18.1. The van der Waals surface area contributed by atoms with Crippen molar-refractivity contribution in [2.24, 2.45) is 0 Å². The molecule has 4 rings (SSSR count). The van der Waals surface area contributed by atoms with Gasteiger partial charge in [-0.25, -0.2) is 4.98 Å². The van der Waals surface area contributed by atoms with Crippen LogP contribution in [0.5, 0.6) is 5.75 Å². The van der Waals surface area contributed by atoms with E-state index < -0.39 is 0 Å². The second-order valence-corrected chi connectivity index (χ2v) is 7.07. The number of aromatic nitrogens is 1. The van der Waals surface area contributed by atoms with Gasteiger partial charge in [-0.1, -0.05) is 29.8 Å². The van der Waals surface area contributed by atoms with E-state index in [0.29, 0.717) is 16.8 Å². The van der Waals surface area contributed by atoms with E-state index in [1.807, 2.05) is 49.4 Å². The van der Waals surface area contributed by atoms with Crippen LogP contribution in [0.2, 0.25) is 0 Å². The van der Waals surface area contributed by atoms with Crippen LogP contribution in [0.25, 0.3) is 20.8 Å². The monoisotopic (exact) mass is 360 g/mol. The van der Waals surface area contributed by atoms with Crippen molar-refractivity contribution >= 4 is 33.1 Å². The van der Waals surface area contributed by atoms with Crippen molar-refractivity contribution < 1.29 is 9.90 Å². The summed E-state index contributed by atoms with van der Waals surface area (Å²) in [7, 11) is 0. The lowest BCUT2D eigenvalue weighted by Gasteiger charge is -2.08. The van der Waals surface area contributed by atoms with Crippen molar-refractivity contribution in [3.8, 4) is 16.3 Å². The van der Waals surface area contributed by atoms with E-state index in [9.17, 15) is 9.90 Å². The first kappa shape index (κ1) is 16.3. The number of phenolic OH excluding ortho intramolecular Hbond substituents is 1. The summed E-state index contributed by atoms with van der Waals surface area (Å²) in [5, 5.41) is 14.0. The first-order valence-electron chi connectivity index (χ1n) is 8.17. The minimum Gasteiger partial charge on any atom is -0.507 e. The topological polar surface area (TPSA) is 62.2 Å². The molecule has 1 heterocycles. The number of hydrogen-bond donors (Lipinski definition) is 2. The summed E-state index contributed by atoms with van der Waals surface area (Å²) < 4.78 is 1.07. The standard InChI is InChI=1S/C21H16N2O2S/c1-13-5-4-6-14(11-13)20(25)22-15-9-10-16(18(24)12-15)21-23-17-7-2-3-8-19(17)26-21/h2-12,24H,1H3,(H,22,25). The zero-order valence-electron chi connectivity index (χ0n) is 14.1. The van der Waals surface area contributed by atoms with Crippen LogP contribution in [0.1, 0.15) is 15.9 Å². The number of amides is 1. The summed E-state index contributed by atoms with van der Waals surface area (Å²) in [5.74, 6) is -0.119. The number of carbonyl (C=O) groups is 1. The summed E-state index contributed by atoms with van der Waals surface area (Å²) in [6.07, 6.45) is 0. The van der Waals surface area contributed by atoms with Crippen molar-refractivity contribution in [2.75, 3.05) is 5.32 Å². The maximum atomic E-state index is 12.3. The van der Waals surface area contributed by atoms with Crippen LogP contribution in [0.15, 0.2) is 66.7 Å². The number of nitrogens with zero attached hydrogens (tertiary/aromatic N) is 1. The van der Waals surface area contributed by atoms with Crippen molar-refractivity contribution in [1.82, 2.24) is 4.98 Å². The molecule has 2 N–H and O–H groups in total. The summed E-state index contributed by atoms with van der Waals surface area (Å²) in [5.41, 5.74) is 3.70. The average Bonchev–Trinajstić information content (AvgIpc) is 3.05. The molecular weight excluding hydrogens is 344 g/mol. The van der Waals surface area contributed by atoms with Gasteiger partial charge < -0.3 is 10.4 Å². The van der Waals surface area contributed by atoms with Crippen LogP contribution in [-0.4, -0.2) is 16.0 Å². The van der Waals surface area contributed by atoms with Gasteiger partial charge in [0.2, 0.25) is 0 Å². The predicted molar refractivity (Wildman–Crippen MR) is 106 cm³/mol. The van der Waals surface area contributed by atoms with Gasteiger partial charge in [0, 0.05) is 17.3 Å². The van der Waals surface area contributed by atoms with Crippen molar-refractivity contribution in [1.29, 1.82) is 0 Å². The fourth-order valence-corrected chi connectivity index (χ4v) is 3.77. The third-order valence-corrected chi connectivity index (χ3v) is 5.13. The van der Waals surface area contributed by atoms with Gasteiger partial charge in [-0.05, 0) is 43.3 Å². The van der Waals surface area contributed by atoms with Gasteiger partial charge in [-0.3, -0.25) is 4.79 Å². The third kappa shape index (κ3) is 3.17. The number of anilines is 1. The zero-order valence-corrected chi connectivity index (χ0v) is 14.9. The molecule has 0 bridgehead atoms. The molecule has 0 radical (unpaired) electrons. The maximum absolute atomic E-state index is 12.3. The molecule has 0 spiro atoms. The van der Waals surface area contributed by atoms with Crippen LogP contribution in [0.3, 0.4) is 0 Å². The van der Waals surface area contributed by atoms with Crippen LogP contribution < -0.4 is 5.32 Å². The molecule has 128 valence electrons. The molecule has 0 unspecified atom stereocenters. The number of hydrogen-bond acceptors (Lipinski definition) is 4. The normalized spacial score (nSPS) is 10.8. The summed E-state index contributed by atoms with van der Waals surface area (Å²) in [6, 6.07) is 20.3. The lowest BCUT2D eigenvalue weighted by atomic mass is 10.1. The summed E-state index contributed by atoms with van der Waals surface area (Å²) in [6.45, 7) is 1.94. The van der Waals surface area contributed by atoms with E-state index in [-0.39, 0.29) is 11.7 Å². The third-order valence-electron chi connectivity index (χ3n) is 4.06. The Bertz CT molecular complexity index is 1080. The van der Waals surface area contributed by atoms with Crippen LogP contribution in [0, 0.1) is 6.92 Å². The maximum Gasteiger partial charge on any atom is 0.255 e. The largest absolute Gasteiger partial charge is 0.507 e. The number of carbonyl (C=O) groups excluding carboxylic acids is 1. The van der Waals surface area contributed by atoms with Gasteiger partial charge in [0.1, 0.15) is 10.8 Å². The highest BCUT2D eigenvalue weighted by Gasteiger charge is 2.12. The van der Waals surface area contributed by atoms with E-state index in [4.69, 9.17) is 0 Å². The number of phenols is 1. The fraction of sp³-hybridized carbons (Fsp3) is 0.0476. The number of aromatic hydroxyl groups is 1. The lowest BCUT2D eigenvalue weighted by molar-refractivity contribution is 0.102. The number of fused-ring (bicyclic) bond motifs is 1. The number of nitrogens with one attached hydrogen (secondary N) is 1. The Kier molecular flexibility index (Phi) is 4.14. The molecule has 0 fully saturated rings. The predicted octanol–water partition coefficient (Wildman–Crippen LogP) is 5.23. The lowest BCUT2D eigenvalue weighted by Crippen LogP contribution is -2.11. The van der Waals surface area contributed by atoms with Crippen molar-refractivity contribution in [3.63, 3.8) is 0 Å². The van der Waals surface area contributed by atoms with Crippen molar-refractivity contribution in [2.45, 2.75) is 6.92 Å². The van der Waals surface area contributed by atoms with Gasteiger partial charge in [0.05, 0.1) is 15.8 Å². The Morgan fingerprint density at radius 2 is 1.88 bits per heavy atom. The summed E-state index contributed by atoms with van der Waals surface area (Å²) in [4.78, 5) is 16.9. The van der Waals surface area contributed by atoms with Gasteiger partial charge >= 0.3 is 0 Å². The second kappa shape index (κ2) is 6.61. The van der Waals surface area contributed by atoms with E-state index in [0.717, 1.165) is 20.8 Å². The highest BCUT2D eigenvalue weighted by molar-refractivity contribution is 7.21. The summed E-state index contributed by atoms with van der Waals surface area (Å²) >= 11 is 1.52. The Labute approximate surface area is 154 Å². The van der Waals surface area contributed by atoms with E-state index in [1.165, 1.54) is 11.3 Å². The Morgan fingerprint density at radius 3 is 2.65 bits per heavy atom. The molecule has 3 aromatic carbocycles. The SMILES string of the molecule is Cc1cccc(C(=O)Nc2ccc(-c3nc4ccccc4s3)c(O)c2)c1. The first-order valence-corrected chi connectivity index (χ1v) is 8.99. The highest BCUT2D eigenvalue weighted by atomic mass is 32.1. The average molecular weight is 360 g/mol. The van der Waals surface area contributed by atoms with Crippen LogP contribution >= 0.6 is 11.3 Å². The second-order valence-electron chi connectivity index (χ2n) is 6.04. The molecule has 0 saturated carbocycles. The van der Waals surface area contributed by atoms with Gasteiger partial charge in [0.25, 0.3) is 5.91 Å². The van der Waals surface area contributed by atoms with Gasteiger partial charge in [-0.15, -0.1) is 11.3 Å². The molecule has 0 atom stereocenters. The molecule has 5 heteroatoms. The molecule has 0 saturated heterocycles. The minimum absolute atomic E-state index is 0.0890. The number of para-hydroxylation sites is 1. The van der Waals surface area contributed by atoms with E-state index in [1.54, 1.807) is 24.3 Å². The van der Waals surface area contributed by atoms with E-state index in [2.05, 4.69) is 10.3 Å². The Balaban J connectivity index is 1.60.